The highest BCUT2D eigenvalue weighted by molar-refractivity contribution is 5.95. The SMILES string of the molecule is Cc1ccc(C(=O)N2CCCN(C(=O)C(O)CC(C)C)CC2)c(C)n1. The lowest BCUT2D eigenvalue weighted by Gasteiger charge is -2.25. The molecule has 0 aromatic carbocycles. The summed E-state index contributed by atoms with van der Waals surface area (Å²) in [5, 5.41) is 10.1. The van der Waals surface area contributed by atoms with Crippen molar-refractivity contribution in [1.82, 2.24) is 14.8 Å². The molecule has 2 rings (SSSR count). The Balaban J connectivity index is 2.01. The van der Waals surface area contributed by atoms with Gasteiger partial charge in [0.1, 0.15) is 6.10 Å². The Hall–Kier alpha value is -1.95. The minimum atomic E-state index is -0.953. The summed E-state index contributed by atoms with van der Waals surface area (Å²) in [5.41, 5.74) is 2.24. The molecule has 25 heavy (non-hydrogen) atoms. The van der Waals surface area contributed by atoms with Crippen molar-refractivity contribution in [2.45, 2.75) is 46.6 Å². The predicted octanol–water partition coefficient (Wildman–Crippen LogP) is 1.78. The fourth-order valence-electron chi connectivity index (χ4n) is 3.18. The molecule has 1 aromatic heterocycles. The smallest absolute Gasteiger partial charge is 0.255 e. The topological polar surface area (TPSA) is 73.7 Å². The van der Waals surface area contributed by atoms with Crippen LogP contribution in [0, 0.1) is 19.8 Å². The molecule has 1 fully saturated rings. The van der Waals surface area contributed by atoms with Crippen molar-refractivity contribution in [2.75, 3.05) is 26.2 Å². The van der Waals surface area contributed by atoms with Crippen LogP contribution in [0.15, 0.2) is 12.1 Å². The van der Waals surface area contributed by atoms with Gasteiger partial charge in [0.2, 0.25) is 0 Å². The van der Waals surface area contributed by atoms with Crippen LogP contribution in [0.3, 0.4) is 0 Å². The highest BCUT2D eigenvalue weighted by Crippen LogP contribution is 2.14. The Morgan fingerprint density at radius 1 is 1.12 bits per heavy atom. The zero-order valence-electron chi connectivity index (χ0n) is 15.7. The number of carbonyl (C=O) groups is 2. The van der Waals surface area contributed by atoms with Gasteiger partial charge in [-0.25, -0.2) is 0 Å². The first-order valence-corrected chi connectivity index (χ1v) is 9.00. The van der Waals surface area contributed by atoms with E-state index in [1.165, 1.54) is 0 Å². The molecule has 1 N–H and O–H groups in total. The van der Waals surface area contributed by atoms with Crippen LogP contribution in [-0.2, 0) is 4.79 Å². The number of hydrogen-bond donors (Lipinski definition) is 1. The van der Waals surface area contributed by atoms with Gasteiger partial charge < -0.3 is 14.9 Å². The average Bonchev–Trinajstić information content (AvgIpc) is 2.79. The van der Waals surface area contributed by atoms with Crippen LogP contribution < -0.4 is 0 Å². The number of rotatable bonds is 4. The fourth-order valence-corrected chi connectivity index (χ4v) is 3.18. The van der Waals surface area contributed by atoms with Gasteiger partial charge in [-0.2, -0.15) is 0 Å². The highest BCUT2D eigenvalue weighted by Gasteiger charge is 2.27. The van der Waals surface area contributed by atoms with E-state index in [9.17, 15) is 14.7 Å². The van der Waals surface area contributed by atoms with Crippen LogP contribution in [0.2, 0.25) is 0 Å². The summed E-state index contributed by atoms with van der Waals surface area (Å²) in [6, 6.07) is 3.66. The molecule has 0 spiro atoms. The van der Waals surface area contributed by atoms with Crippen molar-refractivity contribution < 1.29 is 14.7 Å². The van der Waals surface area contributed by atoms with E-state index in [2.05, 4.69) is 4.98 Å². The van der Waals surface area contributed by atoms with Gasteiger partial charge in [0.25, 0.3) is 11.8 Å². The van der Waals surface area contributed by atoms with E-state index in [-0.39, 0.29) is 17.7 Å². The number of aliphatic hydroxyl groups is 1. The third kappa shape index (κ3) is 5.01. The van der Waals surface area contributed by atoms with Gasteiger partial charge in [-0.1, -0.05) is 13.8 Å². The Morgan fingerprint density at radius 2 is 1.76 bits per heavy atom. The summed E-state index contributed by atoms with van der Waals surface area (Å²) in [7, 11) is 0. The number of nitrogens with zero attached hydrogens (tertiary/aromatic N) is 3. The molecule has 1 saturated heterocycles. The van der Waals surface area contributed by atoms with E-state index < -0.39 is 6.10 Å². The standard InChI is InChI=1S/C19H29N3O3/c1-13(2)12-17(23)19(25)22-9-5-8-21(10-11-22)18(24)16-7-6-14(3)20-15(16)4/h6-7,13,17,23H,5,8-12H2,1-4H3. The Labute approximate surface area is 149 Å². The lowest BCUT2D eigenvalue weighted by molar-refractivity contribution is -0.140. The molecule has 0 radical (unpaired) electrons. The number of amides is 2. The molecule has 6 nitrogen and oxygen atoms in total. The normalized spacial score (nSPS) is 16.7. The summed E-state index contributed by atoms with van der Waals surface area (Å²) < 4.78 is 0. The third-order valence-electron chi connectivity index (χ3n) is 4.53. The Kier molecular flexibility index (Phi) is 6.53. The van der Waals surface area contributed by atoms with Crippen LogP contribution in [0.1, 0.15) is 48.4 Å². The zero-order valence-corrected chi connectivity index (χ0v) is 15.7. The van der Waals surface area contributed by atoms with Crippen LogP contribution in [0.4, 0.5) is 0 Å². The van der Waals surface area contributed by atoms with Gasteiger partial charge in [-0.3, -0.25) is 14.6 Å². The minimum Gasteiger partial charge on any atom is -0.383 e. The number of carbonyl (C=O) groups excluding carboxylic acids is 2. The lowest BCUT2D eigenvalue weighted by Crippen LogP contribution is -2.42. The average molecular weight is 347 g/mol. The lowest BCUT2D eigenvalue weighted by atomic mass is 10.1. The number of pyridine rings is 1. The van der Waals surface area contributed by atoms with Crippen LogP contribution in [-0.4, -0.2) is 64.0 Å². The Bertz CT molecular complexity index is 630. The monoisotopic (exact) mass is 347 g/mol. The minimum absolute atomic E-state index is 0.0398. The fraction of sp³-hybridized carbons (Fsp3) is 0.632. The van der Waals surface area contributed by atoms with Crippen molar-refractivity contribution in [3.63, 3.8) is 0 Å². The summed E-state index contributed by atoms with van der Waals surface area (Å²) in [6.45, 7) is 9.83. The van der Waals surface area contributed by atoms with Gasteiger partial charge in [-0.15, -0.1) is 0 Å². The second kappa shape index (κ2) is 8.43. The zero-order chi connectivity index (χ0) is 18.6. The summed E-state index contributed by atoms with van der Waals surface area (Å²) in [5.74, 6) is -0.000716. The van der Waals surface area contributed by atoms with Crippen molar-refractivity contribution in [3.05, 3.63) is 29.1 Å². The molecular formula is C19H29N3O3. The molecular weight excluding hydrogens is 318 g/mol. The first-order valence-electron chi connectivity index (χ1n) is 9.00. The number of aryl methyl sites for hydroxylation is 2. The first-order chi connectivity index (χ1) is 11.8. The molecule has 1 aliphatic heterocycles. The van der Waals surface area contributed by atoms with E-state index in [0.29, 0.717) is 44.6 Å². The highest BCUT2D eigenvalue weighted by atomic mass is 16.3. The second-order valence-electron chi connectivity index (χ2n) is 7.20. The van der Waals surface area contributed by atoms with Crippen molar-refractivity contribution in [1.29, 1.82) is 0 Å². The molecule has 6 heteroatoms. The van der Waals surface area contributed by atoms with E-state index >= 15 is 0 Å². The Morgan fingerprint density at radius 3 is 2.40 bits per heavy atom. The number of aliphatic hydroxyl groups excluding tert-OH is 1. The van der Waals surface area contributed by atoms with Gasteiger partial charge in [-0.05, 0) is 44.7 Å². The van der Waals surface area contributed by atoms with E-state index in [1.807, 2.05) is 39.8 Å². The van der Waals surface area contributed by atoms with E-state index in [0.717, 1.165) is 11.4 Å². The summed E-state index contributed by atoms with van der Waals surface area (Å²) >= 11 is 0. The summed E-state index contributed by atoms with van der Waals surface area (Å²) in [6.07, 6.45) is 0.224. The summed E-state index contributed by atoms with van der Waals surface area (Å²) in [4.78, 5) is 33.0. The van der Waals surface area contributed by atoms with Crippen LogP contribution in [0.25, 0.3) is 0 Å². The maximum Gasteiger partial charge on any atom is 0.255 e. The third-order valence-corrected chi connectivity index (χ3v) is 4.53. The second-order valence-corrected chi connectivity index (χ2v) is 7.20. The quantitative estimate of drug-likeness (QED) is 0.901. The largest absolute Gasteiger partial charge is 0.383 e. The number of aromatic nitrogens is 1. The molecule has 0 saturated carbocycles. The molecule has 1 unspecified atom stereocenters. The molecule has 1 aliphatic rings. The van der Waals surface area contributed by atoms with Gasteiger partial charge >= 0.3 is 0 Å². The maximum atomic E-state index is 12.8. The molecule has 0 bridgehead atoms. The van der Waals surface area contributed by atoms with Gasteiger partial charge in [0, 0.05) is 31.9 Å². The van der Waals surface area contributed by atoms with E-state index in [1.54, 1.807) is 9.80 Å². The molecule has 0 aliphatic carbocycles. The first kappa shape index (κ1) is 19.4. The molecule has 1 atom stereocenters. The van der Waals surface area contributed by atoms with Crippen molar-refractivity contribution in [3.8, 4) is 0 Å². The number of hydrogen-bond acceptors (Lipinski definition) is 4. The predicted molar refractivity (Wildman–Crippen MR) is 96.3 cm³/mol. The van der Waals surface area contributed by atoms with Crippen LogP contribution >= 0.6 is 0 Å². The van der Waals surface area contributed by atoms with Crippen molar-refractivity contribution >= 4 is 11.8 Å². The van der Waals surface area contributed by atoms with Gasteiger partial charge in [0.05, 0.1) is 11.3 Å². The molecule has 2 heterocycles. The van der Waals surface area contributed by atoms with Crippen LogP contribution in [0.5, 0.6) is 0 Å². The molecule has 2 amide bonds. The van der Waals surface area contributed by atoms with Gasteiger partial charge in [0.15, 0.2) is 0 Å². The molecule has 1 aromatic rings. The van der Waals surface area contributed by atoms with Crippen molar-refractivity contribution in [2.24, 2.45) is 5.92 Å². The maximum absolute atomic E-state index is 12.8. The molecule has 138 valence electrons. The van der Waals surface area contributed by atoms with E-state index in [4.69, 9.17) is 0 Å².